The van der Waals surface area contributed by atoms with Gasteiger partial charge in [0.05, 0.1) is 5.56 Å². The van der Waals surface area contributed by atoms with Gasteiger partial charge in [-0.15, -0.1) is 0 Å². The van der Waals surface area contributed by atoms with Crippen LogP contribution in [0.15, 0.2) is 97.1 Å². The summed E-state index contributed by atoms with van der Waals surface area (Å²) in [5.41, 5.74) is 1.66. The van der Waals surface area contributed by atoms with Gasteiger partial charge in [0.25, 0.3) is 0 Å². The lowest BCUT2D eigenvalue weighted by Crippen LogP contribution is -2.33. The molecule has 0 N–H and O–H groups in total. The van der Waals surface area contributed by atoms with Crippen molar-refractivity contribution in [1.82, 2.24) is 0 Å². The normalized spacial score (nSPS) is 13.1. The van der Waals surface area contributed by atoms with Crippen LogP contribution < -0.4 is 15.9 Å². The van der Waals surface area contributed by atoms with E-state index in [1.54, 1.807) is 0 Å². The van der Waals surface area contributed by atoms with Gasteiger partial charge in [0, 0.05) is 5.92 Å². The van der Waals surface area contributed by atoms with Gasteiger partial charge in [0.2, 0.25) is 0 Å². The van der Waals surface area contributed by atoms with Crippen molar-refractivity contribution in [1.29, 1.82) is 0 Å². The molecule has 0 heterocycles. The molecule has 0 saturated heterocycles. The number of hydrogen-bond acceptors (Lipinski definition) is 2. The van der Waals surface area contributed by atoms with Crippen molar-refractivity contribution < 1.29 is 9.53 Å². The molecule has 3 aromatic carbocycles. The molecule has 160 valence electrons. The van der Waals surface area contributed by atoms with Crippen molar-refractivity contribution in [3.05, 3.63) is 103 Å². The molecule has 0 aromatic heterocycles. The number of carbonyl (C=O) groups is 1. The molecule has 31 heavy (non-hydrogen) atoms. The Labute approximate surface area is 187 Å². The number of ether oxygens (including phenoxy) is 1. The third-order valence-electron chi connectivity index (χ3n) is 5.56. The van der Waals surface area contributed by atoms with E-state index >= 15 is 0 Å². The Balaban J connectivity index is 2.05. The average Bonchev–Trinajstić information content (AvgIpc) is 2.78. The number of hydrogen-bond donors (Lipinski definition) is 0. The molecular weight excluding hydrogens is 399 g/mol. The van der Waals surface area contributed by atoms with Gasteiger partial charge >= 0.3 is 5.97 Å². The van der Waals surface area contributed by atoms with E-state index in [1.165, 1.54) is 10.6 Å². The molecule has 0 amide bonds. The molecule has 3 heteroatoms. The van der Waals surface area contributed by atoms with E-state index in [4.69, 9.17) is 4.74 Å². The van der Waals surface area contributed by atoms with Gasteiger partial charge in [0.15, 0.2) is 0 Å². The molecule has 0 fully saturated rings. The predicted molar refractivity (Wildman–Crippen MR) is 133 cm³/mol. The fraction of sp³-hybridized carbons (Fsp3) is 0.250. The predicted octanol–water partition coefficient (Wildman–Crippen LogP) is 5.84. The summed E-state index contributed by atoms with van der Waals surface area (Å²) >= 11 is 0. The first-order chi connectivity index (χ1) is 14.9. The summed E-state index contributed by atoms with van der Waals surface area (Å²) in [6, 6.07) is 28.7. The Morgan fingerprint density at radius 2 is 1.29 bits per heavy atom. The molecular formula is C28H31O2P. The minimum absolute atomic E-state index is 0.0980. The van der Waals surface area contributed by atoms with Gasteiger partial charge < -0.3 is 4.74 Å². The SMILES string of the molecule is C=C(C)[C@H](C)[C@H](OC(=O)c1ccccc1P(c1ccccc1)c1ccccc1)C(C)C. The third kappa shape index (κ3) is 5.51. The number of esters is 1. The summed E-state index contributed by atoms with van der Waals surface area (Å²) < 4.78 is 6.09. The Kier molecular flexibility index (Phi) is 7.82. The molecule has 2 nitrogen and oxygen atoms in total. The molecule has 0 unspecified atom stereocenters. The Hall–Kier alpha value is -2.70. The van der Waals surface area contributed by atoms with Crippen molar-refractivity contribution in [3.8, 4) is 0 Å². The standard InChI is InChI=1S/C28H31O2P/c1-20(2)22(5)27(21(3)4)30-28(29)25-18-12-13-19-26(25)31(23-14-8-6-9-15-23)24-16-10-7-11-17-24/h6-19,21-22,27H,1H2,2-5H3/t22-,27+/m0/s1. The summed E-state index contributed by atoms with van der Waals surface area (Å²) in [5, 5.41) is 3.43. The molecule has 3 rings (SSSR count). The van der Waals surface area contributed by atoms with Crippen molar-refractivity contribution in [2.75, 3.05) is 0 Å². The zero-order valence-corrected chi connectivity index (χ0v) is 19.7. The fourth-order valence-electron chi connectivity index (χ4n) is 3.71. The Morgan fingerprint density at radius 3 is 1.77 bits per heavy atom. The molecule has 0 aliphatic rings. The molecule has 0 radical (unpaired) electrons. The van der Waals surface area contributed by atoms with Crippen molar-refractivity contribution in [2.45, 2.75) is 33.8 Å². The van der Waals surface area contributed by atoms with E-state index in [2.05, 4.69) is 81.9 Å². The van der Waals surface area contributed by atoms with Crippen LogP contribution in [0.2, 0.25) is 0 Å². The van der Waals surface area contributed by atoms with Crippen molar-refractivity contribution in [2.24, 2.45) is 11.8 Å². The molecule has 2 atom stereocenters. The second-order valence-electron chi connectivity index (χ2n) is 8.27. The van der Waals surface area contributed by atoms with Crippen LogP contribution in [-0.2, 0) is 4.74 Å². The highest BCUT2D eigenvalue weighted by molar-refractivity contribution is 7.80. The maximum atomic E-state index is 13.4. The van der Waals surface area contributed by atoms with Crippen molar-refractivity contribution in [3.63, 3.8) is 0 Å². The van der Waals surface area contributed by atoms with Crippen LogP contribution in [-0.4, -0.2) is 12.1 Å². The Morgan fingerprint density at radius 1 is 0.806 bits per heavy atom. The summed E-state index contributed by atoms with van der Waals surface area (Å²) in [7, 11) is -0.886. The largest absolute Gasteiger partial charge is 0.458 e. The summed E-state index contributed by atoms with van der Waals surface area (Å²) in [6.45, 7) is 12.3. The lowest BCUT2D eigenvalue weighted by Gasteiger charge is -2.29. The highest BCUT2D eigenvalue weighted by atomic mass is 31.1. The van der Waals surface area contributed by atoms with E-state index in [0.717, 1.165) is 10.9 Å². The van der Waals surface area contributed by atoms with Crippen LogP contribution in [0.4, 0.5) is 0 Å². The van der Waals surface area contributed by atoms with Crippen LogP contribution >= 0.6 is 7.92 Å². The van der Waals surface area contributed by atoms with E-state index < -0.39 is 7.92 Å². The van der Waals surface area contributed by atoms with Gasteiger partial charge in [-0.1, -0.05) is 112 Å². The second-order valence-corrected chi connectivity index (χ2v) is 10.5. The summed E-state index contributed by atoms with van der Waals surface area (Å²) in [4.78, 5) is 13.4. The molecule has 0 saturated carbocycles. The van der Waals surface area contributed by atoms with E-state index in [0.29, 0.717) is 5.56 Å². The topological polar surface area (TPSA) is 26.3 Å². The molecule has 0 bridgehead atoms. The smallest absolute Gasteiger partial charge is 0.339 e. The summed E-state index contributed by atoms with van der Waals surface area (Å²) in [6.07, 6.45) is -0.210. The fourth-order valence-corrected chi connectivity index (χ4v) is 6.14. The third-order valence-corrected chi connectivity index (χ3v) is 8.06. The molecule has 0 aliphatic heterocycles. The van der Waals surface area contributed by atoms with E-state index in [-0.39, 0.29) is 23.9 Å². The van der Waals surface area contributed by atoms with Gasteiger partial charge in [-0.05, 0) is 42.7 Å². The first-order valence-electron chi connectivity index (χ1n) is 10.8. The van der Waals surface area contributed by atoms with Gasteiger partial charge in [-0.2, -0.15) is 0 Å². The van der Waals surface area contributed by atoms with Gasteiger partial charge in [-0.25, -0.2) is 4.79 Å². The number of rotatable bonds is 8. The molecule has 0 aliphatic carbocycles. The van der Waals surface area contributed by atoms with Crippen LogP contribution in [0.5, 0.6) is 0 Å². The van der Waals surface area contributed by atoms with Gasteiger partial charge in [-0.3, -0.25) is 0 Å². The maximum absolute atomic E-state index is 13.4. The number of carbonyl (C=O) groups excluding carboxylic acids is 1. The first kappa shape index (κ1) is 23.0. The van der Waals surface area contributed by atoms with E-state index in [9.17, 15) is 4.79 Å². The second kappa shape index (κ2) is 10.6. The van der Waals surface area contributed by atoms with Crippen LogP contribution in [0.1, 0.15) is 38.1 Å². The van der Waals surface area contributed by atoms with Crippen LogP contribution in [0.25, 0.3) is 0 Å². The minimum atomic E-state index is -0.886. The molecule has 3 aromatic rings. The van der Waals surface area contributed by atoms with Crippen molar-refractivity contribution >= 4 is 29.8 Å². The number of benzene rings is 3. The molecule has 0 spiro atoms. The van der Waals surface area contributed by atoms with Gasteiger partial charge in [0.1, 0.15) is 6.10 Å². The minimum Gasteiger partial charge on any atom is -0.458 e. The summed E-state index contributed by atoms with van der Waals surface area (Å²) in [5.74, 6) is 0.0372. The zero-order valence-electron chi connectivity index (χ0n) is 18.8. The first-order valence-corrected chi connectivity index (χ1v) is 12.1. The maximum Gasteiger partial charge on any atom is 0.339 e. The van der Waals surface area contributed by atoms with E-state index in [1.807, 2.05) is 37.3 Å². The monoisotopic (exact) mass is 430 g/mol. The highest BCUT2D eigenvalue weighted by Crippen LogP contribution is 2.34. The van der Waals surface area contributed by atoms with Crippen LogP contribution in [0.3, 0.4) is 0 Å². The quantitative estimate of drug-likeness (QED) is 0.255. The zero-order chi connectivity index (χ0) is 22.4. The average molecular weight is 431 g/mol. The highest BCUT2D eigenvalue weighted by Gasteiger charge is 2.28. The lowest BCUT2D eigenvalue weighted by atomic mass is 9.90. The Bertz CT molecular complexity index is 972. The lowest BCUT2D eigenvalue weighted by molar-refractivity contribution is 0.00602. The van der Waals surface area contributed by atoms with Crippen LogP contribution in [0, 0.1) is 11.8 Å².